The first-order valence-electron chi connectivity index (χ1n) is 5.82. The van der Waals surface area contributed by atoms with Gasteiger partial charge in [-0.2, -0.15) is 8.42 Å². The monoisotopic (exact) mass is 316 g/mol. The molecule has 21 heavy (non-hydrogen) atoms. The van der Waals surface area contributed by atoms with Gasteiger partial charge >= 0.3 is 16.3 Å². The third-order valence-electron chi connectivity index (χ3n) is 2.10. The van der Waals surface area contributed by atoms with Crippen molar-refractivity contribution in [3.05, 3.63) is 29.8 Å². The maximum Gasteiger partial charge on any atom is 0.422 e. The fourth-order valence-electron chi connectivity index (χ4n) is 1.30. The van der Waals surface area contributed by atoms with Crippen LogP contribution in [-0.2, 0) is 14.9 Å². The predicted octanol–water partition coefficient (Wildman–Crippen LogP) is 0.572. The molecule has 1 rings (SSSR count). The van der Waals surface area contributed by atoms with Gasteiger partial charge in [0.05, 0.1) is 11.8 Å². The molecule has 0 atom stereocenters. The Morgan fingerprint density at radius 3 is 2.38 bits per heavy atom. The third kappa shape index (κ3) is 5.57. The zero-order valence-corrected chi connectivity index (χ0v) is 12.2. The molecule has 0 fully saturated rings. The molecule has 0 spiro atoms. The molecule has 0 unspecified atom stereocenters. The summed E-state index contributed by atoms with van der Waals surface area (Å²) in [4.78, 5) is 11.2. The predicted molar refractivity (Wildman–Crippen MR) is 76.2 cm³/mol. The van der Waals surface area contributed by atoms with E-state index in [2.05, 4.69) is 14.6 Å². The summed E-state index contributed by atoms with van der Waals surface area (Å²) in [6.45, 7) is 3.18. The Labute approximate surface area is 122 Å². The minimum Gasteiger partial charge on any atom is -0.446 e. The van der Waals surface area contributed by atoms with Crippen molar-refractivity contribution in [1.82, 2.24) is 4.72 Å². The molecule has 116 valence electrons. The van der Waals surface area contributed by atoms with Crippen molar-refractivity contribution in [3.8, 4) is 0 Å². The number of carbonyl (C=O) groups is 1. The van der Waals surface area contributed by atoms with Gasteiger partial charge in [0.25, 0.3) is 0 Å². The normalized spacial score (nSPS) is 12.0. The maximum atomic E-state index is 11.7. The van der Waals surface area contributed by atoms with E-state index < -0.39 is 22.4 Å². The lowest BCUT2D eigenvalue weighted by atomic mass is 10.2. The number of amides is 1. The number of ether oxygens (including phenoxy) is 1. The van der Waals surface area contributed by atoms with Crippen LogP contribution >= 0.6 is 0 Å². The van der Waals surface area contributed by atoms with Crippen molar-refractivity contribution in [2.24, 2.45) is 10.9 Å². The van der Waals surface area contributed by atoms with Gasteiger partial charge in [-0.05, 0) is 38.1 Å². The zero-order valence-electron chi connectivity index (χ0n) is 11.4. The highest BCUT2D eigenvalue weighted by Crippen LogP contribution is 2.10. The van der Waals surface area contributed by atoms with E-state index in [1.54, 1.807) is 18.6 Å². The number of carbonyl (C=O) groups excluding carboxylic acids is 1. The summed E-state index contributed by atoms with van der Waals surface area (Å²) in [7, 11) is -4.10. The summed E-state index contributed by atoms with van der Waals surface area (Å²) < 4.78 is 31.8. The van der Waals surface area contributed by atoms with Crippen molar-refractivity contribution in [3.63, 3.8) is 0 Å². The van der Waals surface area contributed by atoms with Crippen LogP contribution in [0.15, 0.2) is 29.4 Å². The number of benzene rings is 1. The smallest absolute Gasteiger partial charge is 0.422 e. The van der Waals surface area contributed by atoms with Gasteiger partial charge in [-0.25, -0.2) is 9.52 Å². The number of amidine groups is 1. The van der Waals surface area contributed by atoms with Crippen molar-refractivity contribution < 1.29 is 23.2 Å². The summed E-state index contributed by atoms with van der Waals surface area (Å²) in [5.74, 6) is -0.108. The van der Waals surface area contributed by atoms with Gasteiger partial charge in [-0.15, -0.1) is 0 Å². The number of nitrogens with one attached hydrogen (secondary N) is 2. The first kappa shape index (κ1) is 16.6. The van der Waals surface area contributed by atoms with E-state index in [1.165, 1.54) is 24.3 Å². The summed E-state index contributed by atoms with van der Waals surface area (Å²) in [5.41, 5.74) is 5.97. The first-order valence-corrected chi connectivity index (χ1v) is 7.31. The molecule has 1 aromatic rings. The van der Waals surface area contributed by atoms with Crippen LogP contribution in [0.5, 0.6) is 0 Å². The maximum absolute atomic E-state index is 11.7. The lowest BCUT2D eigenvalue weighted by Gasteiger charge is -2.11. The largest absolute Gasteiger partial charge is 0.446 e. The Morgan fingerprint density at radius 2 is 1.90 bits per heavy atom. The molecular weight excluding hydrogens is 300 g/mol. The highest BCUT2D eigenvalue weighted by Gasteiger charge is 2.16. The van der Waals surface area contributed by atoms with Crippen molar-refractivity contribution in [2.45, 2.75) is 20.0 Å². The van der Waals surface area contributed by atoms with Crippen LogP contribution in [0, 0.1) is 0 Å². The highest BCUT2D eigenvalue weighted by molar-refractivity contribution is 7.91. The second-order valence-corrected chi connectivity index (χ2v) is 5.64. The average Bonchev–Trinajstić information content (AvgIpc) is 2.36. The molecule has 10 heteroatoms. The standard InChI is InChI=1S/C11H16N4O5S/c1-7(2)20-11(16)15-21(18,19)14-9-5-3-8(4-6-9)10(12)13-17/h3-7,14,17H,1-2H3,(H2,12,13)(H,15,16). The molecule has 0 aliphatic heterocycles. The van der Waals surface area contributed by atoms with E-state index in [9.17, 15) is 13.2 Å². The van der Waals surface area contributed by atoms with Crippen LogP contribution in [0.2, 0.25) is 0 Å². The van der Waals surface area contributed by atoms with Gasteiger partial charge in [0.1, 0.15) is 0 Å². The molecule has 0 heterocycles. The fraction of sp³-hybridized carbons (Fsp3) is 0.273. The van der Waals surface area contributed by atoms with Gasteiger partial charge < -0.3 is 15.7 Å². The molecule has 1 amide bonds. The molecule has 9 nitrogen and oxygen atoms in total. The Balaban J connectivity index is 2.74. The zero-order chi connectivity index (χ0) is 16.0. The van der Waals surface area contributed by atoms with E-state index >= 15 is 0 Å². The number of anilines is 1. The lowest BCUT2D eigenvalue weighted by molar-refractivity contribution is 0.121. The molecule has 0 aliphatic carbocycles. The minimum absolute atomic E-state index is 0.108. The van der Waals surface area contributed by atoms with Gasteiger partial charge in [-0.1, -0.05) is 5.16 Å². The van der Waals surface area contributed by atoms with Crippen LogP contribution < -0.4 is 15.2 Å². The third-order valence-corrected chi connectivity index (χ3v) is 3.04. The number of nitrogens with zero attached hydrogens (tertiary/aromatic N) is 1. The fourth-order valence-corrected chi connectivity index (χ4v) is 2.06. The quantitative estimate of drug-likeness (QED) is 0.271. The number of nitrogens with two attached hydrogens (primary N) is 1. The second-order valence-electron chi connectivity index (χ2n) is 4.22. The molecule has 0 aromatic heterocycles. The second kappa shape index (κ2) is 6.79. The van der Waals surface area contributed by atoms with Crippen LogP contribution in [0.4, 0.5) is 10.5 Å². The van der Waals surface area contributed by atoms with Crippen LogP contribution in [0.25, 0.3) is 0 Å². The summed E-state index contributed by atoms with van der Waals surface area (Å²) in [5, 5.41) is 11.3. The van der Waals surface area contributed by atoms with Crippen molar-refractivity contribution in [1.29, 1.82) is 0 Å². The van der Waals surface area contributed by atoms with E-state index in [-0.39, 0.29) is 11.5 Å². The molecule has 0 saturated heterocycles. The van der Waals surface area contributed by atoms with E-state index in [4.69, 9.17) is 10.9 Å². The van der Waals surface area contributed by atoms with Crippen LogP contribution in [-0.4, -0.2) is 31.7 Å². The summed E-state index contributed by atoms with van der Waals surface area (Å²) >= 11 is 0. The number of hydrogen-bond acceptors (Lipinski definition) is 6. The SMILES string of the molecule is CC(C)OC(=O)NS(=O)(=O)Nc1ccc(/C(N)=N/O)cc1. The number of oxime groups is 1. The lowest BCUT2D eigenvalue weighted by Crippen LogP contribution is -2.36. The van der Waals surface area contributed by atoms with Gasteiger partial charge in [-0.3, -0.25) is 4.72 Å². The Kier molecular flexibility index (Phi) is 5.36. The van der Waals surface area contributed by atoms with E-state index in [1.807, 2.05) is 0 Å². The van der Waals surface area contributed by atoms with Crippen LogP contribution in [0.3, 0.4) is 0 Å². The van der Waals surface area contributed by atoms with Gasteiger partial charge in [0.15, 0.2) is 5.84 Å². The number of hydrogen-bond donors (Lipinski definition) is 4. The molecule has 0 bridgehead atoms. The van der Waals surface area contributed by atoms with E-state index in [0.29, 0.717) is 5.56 Å². The summed E-state index contributed by atoms with van der Waals surface area (Å²) in [6.07, 6.45) is -1.52. The number of rotatable bonds is 5. The Morgan fingerprint density at radius 1 is 1.33 bits per heavy atom. The molecule has 0 aliphatic rings. The first-order chi connectivity index (χ1) is 9.73. The summed E-state index contributed by atoms with van der Waals surface area (Å²) in [6, 6.07) is 5.67. The van der Waals surface area contributed by atoms with E-state index in [0.717, 1.165) is 0 Å². The Bertz CT molecular complexity index is 625. The molecule has 1 aromatic carbocycles. The molecule has 5 N–H and O–H groups in total. The Hall–Kier alpha value is -2.49. The highest BCUT2D eigenvalue weighted by atomic mass is 32.2. The molecule has 0 radical (unpaired) electrons. The van der Waals surface area contributed by atoms with Gasteiger partial charge in [0.2, 0.25) is 0 Å². The van der Waals surface area contributed by atoms with Crippen molar-refractivity contribution in [2.75, 3.05) is 4.72 Å². The van der Waals surface area contributed by atoms with Gasteiger partial charge in [0, 0.05) is 5.56 Å². The van der Waals surface area contributed by atoms with Crippen molar-refractivity contribution >= 4 is 27.8 Å². The molecular formula is C11H16N4O5S. The average molecular weight is 316 g/mol. The minimum atomic E-state index is -4.10. The van der Waals surface area contributed by atoms with Crippen LogP contribution in [0.1, 0.15) is 19.4 Å². The topological polar surface area (TPSA) is 143 Å². The molecule has 0 saturated carbocycles.